The van der Waals surface area contributed by atoms with E-state index in [1.807, 2.05) is 61.8 Å². The van der Waals surface area contributed by atoms with Crippen LogP contribution in [0.1, 0.15) is 27.2 Å². The number of aryl methyl sites for hydroxylation is 1. The van der Waals surface area contributed by atoms with E-state index in [1.165, 1.54) is 5.01 Å². The number of anilines is 1. The maximum Gasteiger partial charge on any atom is 0.337 e. The maximum atomic E-state index is 12.5. The molecular formula is C24H25N5O3. The number of hydrogen-bond acceptors (Lipinski definition) is 4. The molecule has 0 bridgehead atoms. The van der Waals surface area contributed by atoms with Gasteiger partial charge >= 0.3 is 6.03 Å². The van der Waals surface area contributed by atoms with E-state index >= 15 is 0 Å². The third-order valence-corrected chi connectivity index (χ3v) is 5.43. The molecule has 8 heteroatoms. The Morgan fingerprint density at radius 1 is 1.09 bits per heavy atom. The Morgan fingerprint density at radius 2 is 1.88 bits per heavy atom. The summed E-state index contributed by atoms with van der Waals surface area (Å²) in [5.74, 6) is 0.536. The van der Waals surface area contributed by atoms with Gasteiger partial charge in [0.05, 0.1) is 19.4 Å². The van der Waals surface area contributed by atoms with Gasteiger partial charge in [0.25, 0.3) is 5.91 Å². The van der Waals surface area contributed by atoms with E-state index in [4.69, 9.17) is 4.74 Å². The van der Waals surface area contributed by atoms with Crippen LogP contribution in [0, 0.1) is 0 Å². The molecule has 32 heavy (non-hydrogen) atoms. The highest BCUT2D eigenvalue weighted by atomic mass is 16.5. The van der Waals surface area contributed by atoms with Crippen molar-refractivity contribution in [1.29, 1.82) is 0 Å². The number of benzene rings is 2. The highest BCUT2D eigenvalue weighted by Gasteiger charge is 2.22. The minimum Gasteiger partial charge on any atom is -0.497 e. The smallest absolute Gasteiger partial charge is 0.337 e. The summed E-state index contributed by atoms with van der Waals surface area (Å²) in [6, 6.07) is 16.6. The highest BCUT2D eigenvalue weighted by molar-refractivity contribution is 6.14. The fraction of sp³-hybridized carbons (Fsp3) is 0.208. The highest BCUT2D eigenvalue weighted by Crippen LogP contribution is 2.26. The molecule has 2 N–H and O–H groups in total. The molecule has 8 nitrogen and oxygen atoms in total. The van der Waals surface area contributed by atoms with Crippen molar-refractivity contribution in [2.45, 2.75) is 6.42 Å². The van der Waals surface area contributed by atoms with Gasteiger partial charge in [-0.15, -0.1) is 0 Å². The number of rotatable bonds is 4. The molecule has 4 rings (SSSR count). The second kappa shape index (κ2) is 8.97. The van der Waals surface area contributed by atoms with Crippen LogP contribution in [-0.2, 0) is 13.5 Å². The molecule has 1 aliphatic heterocycles. The summed E-state index contributed by atoms with van der Waals surface area (Å²) < 4.78 is 7.18. The van der Waals surface area contributed by atoms with E-state index < -0.39 is 0 Å². The van der Waals surface area contributed by atoms with E-state index in [9.17, 15) is 9.59 Å². The number of aromatic nitrogens is 1. The molecule has 2 aromatic carbocycles. The molecular weight excluding hydrogens is 406 g/mol. The molecule has 164 valence electrons. The third-order valence-electron chi connectivity index (χ3n) is 5.43. The molecule has 0 atom stereocenters. The summed E-state index contributed by atoms with van der Waals surface area (Å²) in [7, 11) is 5.03. The molecule has 0 saturated heterocycles. The van der Waals surface area contributed by atoms with Gasteiger partial charge in [-0.2, -0.15) is 5.10 Å². The lowest BCUT2D eigenvalue weighted by Gasteiger charge is -2.16. The van der Waals surface area contributed by atoms with Crippen molar-refractivity contribution < 1.29 is 14.3 Å². The molecule has 0 unspecified atom stereocenters. The van der Waals surface area contributed by atoms with Crippen molar-refractivity contribution in [3.05, 3.63) is 83.2 Å². The zero-order valence-corrected chi connectivity index (χ0v) is 18.3. The van der Waals surface area contributed by atoms with Gasteiger partial charge in [0.15, 0.2) is 0 Å². The Labute approximate surface area is 186 Å². The lowest BCUT2D eigenvalue weighted by atomic mass is 9.96. The number of carbonyl (C=O) groups is 2. The molecule has 3 amide bonds. The van der Waals surface area contributed by atoms with E-state index in [2.05, 4.69) is 15.7 Å². The number of nitrogens with zero attached hydrogens (tertiary/aromatic N) is 3. The number of carbonyl (C=O) groups excluding carboxylic acids is 2. The van der Waals surface area contributed by atoms with Crippen molar-refractivity contribution in [1.82, 2.24) is 14.9 Å². The molecule has 1 aromatic heterocycles. The van der Waals surface area contributed by atoms with Crippen molar-refractivity contribution in [2.24, 2.45) is 12.1 Å². The van der Waals surface area contributed by atoms with Crippen LogP contribution in [0.2, 0.25) is 0 Å². The summed E-state index contributed by atoms with van der Waals surface area (Å²) in [6.07, 6.45) is 2.50. The van der Waals surface area contributed by atoms with Gasteiger partial charge in [-0.3, -0.25) is 4.79 Å². The predicted octanol–water partition coefficient (Wildman–Crippen LogP) is 3.24. The first kappa shape index (κ1) is 21.2. The fourth-order valence-corrected chi connectivity index (χ4v) is 3.66. The quantitative estimate of drug-likeness (QED) is 0.665. The number of methoxy groups -OCH3 is 1. The second-order valence-electron chi connectivity index (χ2n) is 7.44. The average Bonchev–Trinajstić information content (AvgIpc) is 3.16. The second-order valence-corrected chi connectivity index (χ2v) is 7.44. The molecule has 3 aromatic rings. The first-order chi connectivity index (χ1) is 15.5. The largest absolute Gasteiger partial charge is 0.497 e. The van der Waals surface area contributed by atoms with Gasteiger partial charge in [0.1, 0.15) is 11.4 Å². The number of fused-ring (bicyclic) bond motifs is 1. The van der Waals surface area contributed by atoms with Crippen LogP contribution < -0.4 is 15.4 Å². The first-order valence-corrected chi connectivity index (χ1v) is 10.3. The molecule has 0 aliphatic carbocycles. The Morgan fingerprint density at radius 3 is 2.53 bits per heavy atom. The SMILES string of the molecule is CNC(=O)N1CCc2ccc(OC)cc2C(c2ccc(NC(=O)c3cccn3C)cc2)=N1. The summed E-state index contributed by atoms with van der Waals surface area (Å²) in [5, 5.41) is 11.7. The third kappa shape index (κ3) is 4.20. The number of hydrazone groups is 1. The van der Waals surface area contributed by atoms with Crippen LogP contribution in [0.3, 0.4) is 0 Å². The standard InChI is InChI=1S/C24H25N5O3/c1-25-24(31)29-14-12-16-8-11-19(32-3)15-20(16)22(27-29)17-6-9-18(10-7-17)26-23(30)21-5-4-13-28(21)2/h4-11,13,15H,12,14H2,1-3H3,(H,25,31)(H,26,30). The van der Waals surface area contributed by atoms with Crippen LogP contribution in [0.5, 0.6) is 5.75 Å². The summed E-state index contributed by atoms with van der Waals surface area (Å²) in [5.41, 5.74) is 4.73. The summed E-state index contributed by atoms with van der Waals surface area (Å²) in [6.45, 7) is 0.466. The minimum atomic E-state index is -0.270. The van der Waals surface area contributed by atoms with Crippen molar-refractivity contribution in [3.63, 3.8) is 0 Å². The Kier molecular flexibility index (Phi) is 5.93. The van der Waals surface area contributed by atoms with Gasteiger partial charge in [-0.1, -0.05) is 18.2 Å². The van der Waals surface area contributed by atoms with Gasteiger partial charge in [0.2, 0.25) is 0 Å². The van der Waals surface area contributed by atoms with E-state index in [1.54, 1.807) is 24.8 Å². The van der Waals surface area contributed by atoms with E-state index in [-0.39, 0.29) is 11.9 Å². The Hall–Kier alpha value is -4.07. The van der Waals surface area contributed by atoms with Gasteiger partial charge in [-0.05, 0) is 48.4 Å². The summed E-state index contributed by atoms with van der Waals surface area (Å²) >= 11 is 0. The molecule has 1 aliphatic rings. The van der Waals surface area contributed by atoms with Crippen LogP contribution in [-0.4, -0.2) is 47.9 Å². The number of ether oxygens (including phenoxy) is 1. The van der Waals surface area contributed by atoms with E-state index in [0.717, 1.165) is 22.4 Å². The minimum absolute atomic E-state index is 0.182. The lowest BCUT2D eigenvalue weighted by molar-refractivity contribution is 0.101. The zero-order chi connectivity index (χ0) is 22.7. The molecule has 2 heterocycles. The van der Waals surface area contributed by atoms with E-state index in [0.29, 0.717) is 30.1 Å². The van der Waals surface area contributed by atoms with Crippen LogP contribution in [0.25, 0.3) is 0 Å². The summed E-state index contributed by atoms with van der Waals surface area (Å²) in [4.78, 5) is 24.8. The van der Waals surface area contributed by atoms with Crippen molar-refractivity contribution >= 4 is 23.3 Å². The van der Waals surface area contributed by atoms with Crippen LogP contribution in [0.15, 0.2) is 65.9 Å². The Balaban J connectivity index is 1.68. The average molecular weight is 431 g/mol. The monoisotopic (exact) mass is 431 g/mol. The molecule has 0 spiro atoms. The van der Waals surface area contributed by atoms with Crippen LogP contribution >= 0.6 is 0 Å². The van der Waals surface area contributed by atoms with Gasteiger partial charge in [0, 0.05) is 37.1 Å². The van der Waals surface area contributed by atoms with Crippen LogP contribution in [0.4, 0.5) is 10.5 Å². The lowest BCUT2D eigenvalue weighted by Crippen LogP contribution is -2.35. The molecule has 0 fully saturated rings. The maximum absolute atomic E-state index is 12.5. The Bertz CT molecular complexity index is 1180. The topological polar surface area (TPSA) is 88.0 Å². The first-order valence-electron chi connectivity index (χ1n) is 10.3. The normalized spacial score (nSPS) is 13.0. The molecule has 0 radical (unpaired) electrons. The predicted molar refractivity (Wildman–Crippen MR) is 123 cm³/mol. The number of amides is 3. The van der Waals surface area contributed by atoms with Crippen molar-refractivity contribution in [2.75, 3.05) is 26.0 Å². The van der Waals surface area contributed by atoms with Gasteiger partial charge in [-0.25, -0.2) is 9.80 Å². The number of urea groups is 1. The zero-order valence-electron chi connectivity index (χ0n) is 18.3. The fourth-order valence-electron chi connectivity index (χ4n) is 3.66. The van der Waals surface area contributed by atoms with Crippen molar-refractivity contribution in [3.8, 4) is 5.75 Å². The molecule has 0 saturated carbocycles. The van der Waals surface area contributed by atoms with Gasteiger partial charge < -0.3 is 19.9 Å². The number of hydrogen-bond donors (Lipinski definition) is 2. The number of nitrogens with one attached hydrogen (secondary N) is 2.